The van der Waals surface area contributed by atoms with Crippen LogP contribution in [0.4, 0.5) is 0 Å². The molecule has 0 saturated carbocycles. The van der Waals surface area contributed by atoms with Gasteiger partial charge < -0.3 is 5.73 Å². The third-order valence-corrected chi connectivity index (χ3v) is 2.73. The van der Waals surface area contributed by atoms with Gasteiger partial charge in [0.25, 0.3) is 0 Å². The molecule has 1 unspecified atom stereocenters. The van der Waals surface area contributed by atoms with Crippen molar-refractivity contribution in [2.45, 2.75) is 25.8 Å². The molecule has 1 aliphatic carbocycles. The van der Waals surface area contributed by atoms with Crippen LogP contribution in [0.3, 0.4) is 0 Å². The highest BCUT2D eigenvalue weighted by atomic mass is 35.5. The molecule has 1 aromatic rings. The topological polar surface area (TPSA) is 26.0 Å². The maximum absolute atomic E-state index is 6.00. The lowest BCUT2D eigenvalue weighted by atomic mass is 10.0. The molecule has 0 aliphatic heterocycles. The van der Waals surface area contributed by atoms with E-state index >= 15 is 0 Å². The monoisotopic (exact) mass is 241 g/mol. The number of halogens is 2. The van der Waals surface area contributed by atoms with Gasteiger partial charge in [-0.2, -0.15) is 0 Å². The molecule has 1 aromatic carbocycles. The second-order valence-electron chi connectivity index (χ2n) is 3.63. The fourth-order valence-corrected chi connectivity index (χ4v) is 2.22. The highest BCUT2D eigenvalue weighted by molar-refractivity contribution is 6.30. The fraction of sp³-hybridized carbons (Fsp3) is 0.333. The summed E-state index contributed by atoms with van der Waals surface area (Å²) in [6, 6.07) is 4.17. The molecule has 0 amide bonds. The van der Waals surface area contributed by atoms with Crippen LogP contribution in [0.1, 0.15) is 23.6 Å². The summed E-state index contributed by atoms with van der Waals surface area (Å²) in [5, 5.41) is 0.760. The number of benzene rings is 1. The zero-order chi connectivity index (χ0) is 10.1. The molecule has 0 fully saturated rings. The Kier molecular flexibility index (Phi) is 4.04. The molecule has 80 valence electrons. The molecule has 1 nitrogen and oxygen atoms in total. The lowest BCUT2D eigenvalue weighted by Crippen LogP contribution is -2.19. The van der Waals surface area contributed by atoms with E-state index in [1.165, 1.54) is 11.1 Å². The summed E-state index contributed by atoms with van der Waals surface area (Å²) in [6.45, 7) is 1.84. The quantitative estimate of drug-likeness (QED) is 0.695. The molecule has 0 heterocycles. The van der Waals surface area contributed by atoms with Gasteiger partial charge in [0.1, 0.15) is 0 Å². The second kappa shape index (κ2) is 4.90. The summed E-state index contributed by atoms with van der Waals surface area (Å²) in [4.78, 5) is 0. The van der Waals surface area contributed by atoms with Crippen LogP contribution in [-0.4, -0.2) is 6.04 Å². The van der Waals surface area contributed by atoms with Crippen molar-refractivity contribution in [3.05, 3.63) is 33.8 Å². The summed E-state index contributed by atoms with van der Waals surface area (Å²) in [7, 11) is 0. The molecule has 0 spiro atoms. The lowest BCUT2D eigenvalue weighted by Gasteiger charge is -2.02. The standard InChI is InChI=1S/C12H12ClN.ClH/c1-2-3-8-4-10(13)5-9-6-11(14)7-12(8)9;/h4-5,11H,6-7,14H2,1H3;1H. The van der Waals surface area contributed by atoms with Crippen molar-refractivity contribution in [2.75, 3.05) is 0 Å². The van der Waals surface area contributed by atoms with Crippen molar-refractivity contribution in [3.8, 4) is 11.8 Å². The first-order chi connectivity index (χ1) is 6.70. The minimum absolute atomic E-state index is 0. The molecule has 15 heavy (non-hydrogen) atoms. The molecule has 3 heteroatoms. The molecule has 1 aliphatic rings. The fourth-order valence-electron chi connectivity index (χ4n) is 1.98. The van der Waals surface area contributed by atoms with Gasteiger partial charge in [0.15, 0.2) is 0 Å². The van der Waals surface area contributed by atoms with Gasteiger partial charge >= 0.3 is 0 Å². The molecule has 0 bridgehead atoms. The third kappa shape index (κ3) is 2.46. The van der Waals surface area contributed by atoms with Crippen LogP contribution in [0.2, 0.25) is 5.02 Å². The first kappa shape index (κ1) is 12.4. The Hall–Kier alpha value is -0.680. The van der Waals surface area contributed by atoms with Crippen LogP contribution >= 0.6 is 24.0 Å². The number of rotatable bonds is 0. The van der Waals surface area contributed by atoms with Crippen molar-refractivity contribution in [1.29, 1.82) is 0 Å². The first-order valence-electron chi connectivity index (χ1n) is 4.70. The Morgan fingerprint density at radius 1 is 1.40 bits per heavy atom. The minimum atomic E-state index is 0. The first-order valence-corrected chi connectivity index (χ1v) is 5.08. The van der Waals surface area contributed by atoms with Crippen molar-refractivity contribution >= 4 is 24.0 Å². The van der Waals surface area contributed by atoms with Crippen LogP contribution in [-0.2, 0) is 12.8 Å². The van der Waals surface area contributed by atoms with E-state index in [4.69, 9.17) is 17.3 Å². The number of hydrogen-bond donors (Lipinski definition) is 1. The van der Waals surface area contributed by atoms with Crippen molar-refractivity contribution in [2.24, 2.45) is 5.73 Å². The van der Waals surface area contributed by atoms with E-state index in [1.54, 1.807) is 0 Å². The Labute approximate surface area is 101 Å². The Bertz CT molecular complexity index is 429. The van der Waals surface area contributed by atoms with Crippen molar-refractivity contribution in [3.63, 3.8) is 0 Å². The zero-order valence-electron chi connectivity index (χ0n) is 8.51. The Morgan fingerprint density at radius 2 is 2.13 bits per heavy atom. The van der Waals surface area contributed by atoms with Crippen molar-refractivity contribution < 1.29 is 0 Å². The largest absolute Gasteiger partial charge is 0.327 e. The van der Waals surface area contributed by atoms with Gasteiger partial charge in [-0.1, -0.05) is 17.5 Å². The van der Waals surface area contributed by atoms with Crippen LogP contribution in [0, 0.1) is 11.8 Å². The number of nitrogens with two attached hydrogens (primary N) is 1. The highest BCUT2D eigenvalue weighted by Gasteiger charge is 2.20. The zero-order valence-corrected chi connectivity index (χ0v) is 10.1. The summed E-state index contributed by atoms with van der Waals surface area (Å²) in [5.74, 6) is 5.99. The van der Waals surface area contributed by atoms with Crippen LogP contribution < -0.4 is 5.73 Å². The van der Waals surface area contributed by atoms with E-state index in [-0.39, 0.29) is 18.4 Å². The average Bonchev–Trinajstić information content (AvgIpc) is 2.45. The lowest BCUT2D eigenvalue weighted by molar-refractivity contribution is 0.721. The Balaban J connectivity index is 0.00000112. The predicted molar refractivity (Wildman–Crippen MR) is 66.6 cm³/mol. The third-order valence-electron chi connectivity index (χ3n) is 2.52. The van der Waals surface area contributed by atoms with Gasteiger partial charge in [0, 0.05) is 16.6 Å². The normalized spacial score (nSPS) is 17.4. The highest BCUT2D eigenvalue weighted by Crippen LogP contribution is 2.28. The summed E-state index contributed by atoms with van der Waals surface area (Å²) < 4.78 is 0. The molecule has 0 radical (unpaired) electrons. The van der Waals surface area contributed by atoms with Crippen LogP contribution in [0.25, 0.3) is 0 Å². The minimum Gasteiger partial charge on any atom is -0.327 e. The van der Waals surface area contributed by atoms with E-state index in [2.05, 4.69) is 11.8 Å². The maximum Gasteiger partial charge on any atom is 0.0421 e. The summed E-state index contributed by atoms with van der Waals surface area (Å²) >= 11 is 6.00. The summed E-state index contributed by atoms with van der Waals surface area (Å²) in [6.07, 6.45) is 1.85. The molecule has 2 N–H and O–H groups in total. The van der Waals surface area contributed by atoms with E-state index < -0.39 is 0 Å². The van der Waals surface area contributed by atoms with Gasteiger partial charge in [0.2, 0.25) is 0 Å². The smallest absolute Gasteiger partial charge is 0.0421 e. The maximum atomic E-state index is 6.00. The van der Waals surface area contributed by atoms with Gasteiger partial charge in [-0.05, 0) is 43.0 Å². The Morgan fingerprint density at radius 3 is 2.80 bits per heavy atom. The summed E-state index contributed by atoms with van der Waals surface area (Å²) in [5.41, 5.74) is 9.51. The van der Waals surface area contributed by atoms with E-state index in [9.17, 15) is 0 Å². The van der Waals surface area contributed by atoms with Crippen LogP contribution in [0.15, 0.2) is 12.1 Å². The molecule has 1 atom stereocenters. The van der Waals surface area contributed by atoms with Gasteiger partial charge in [0.05, 0.1) is 0 Å². The molecular weight excluding hydrogens is 229 g/mol. The van der Waals surface area contributed by atoms with E-state index in [0.29, 0.717) is 0 Å². The van der Waals surface area contributed by atoms with E-state index in [0.717, 1.165) is 23.4 Å². The van der Waals surface area contributed by atoms with Gasteiger partial charge in [-0.15, -0.1) is 18.3 Å². The predicted octanol–water partition coefficient (Wildman–Crippen LogP) is 2.56. The van der Waals surface area contributed by atoms with Gasteiger partial charge in [-0.3, -0.25) is 0 Å². The van der Waals surface area contributed by atoms with E-state index in [1.807, 2.05) is 19.1 Å². The second-order valence-corrected chi connectivity index (χ2v) is 4.07. The number of hydrogen-bond acceptors (Lipinski definition) is 1. The average molecular weight is 242 g/mol. The molecule has 2 rings (SSSR count). The number of fused-ring (bicyclic) bond motifs is 1. The molecule has 0 aromatic heterocycles. The van der Waals surface area contributed by atoms with Gasteiger partial charge in [-0.25, -0.2) is 0 Å². The van der Waals surface area contributed by atoms with Crippen molar-refractivity contribution in [1.82, 2.24) is 0 Å². The SMILES string of the molecule is CC#Cc1cc(Cl)cc2c1CC(N)C2.Cl. The van der Waals surface area contributed by atoms with Crippen LogP contribution in [0.5, 0.6) is 0 Å². The molecule has 0 saturated heterocycles. The molecular formula is C12H13Cl2N.